The minimum absolute atomic E-state index is 0.163. The normalized spacial score (nSPS) is 9.62. The molecule has 0 aliphatic carbocycles. The molecule has 0 saturated heterocycles. The molecule has 0 bridgehead atoms. The molecular formula is C12H13NO3. The maximum atomic E-state index is 11.7. The highest BCUT2D eigenvalue weighted by molar-refractivity contribution is 5.94. The van der Waals surface area contributed by atoms with Gasteiger partial charge in [-0.2, -0.15) is 5.26 Å². The molecule has 4 nitrogen and oxygen atoms in total. The van der Waals surface area contributed by atoms with Crippen LogP contribution in [0.2, 0.25) is 0 Å². The van der Waals surface area contributed by atoms with E-state index in [9.17, 15) is 4.79 Å². The SMILES string of the molecule is CCOC(=O)c1c(C#N)ccc(CO)c1C. The first-order valence-corrected chi connectivity index (χ1v) is 4.96. The summed E-state index contributed by atoms with van der Waals surface area (Å²) >= 11 is 0. The van der Waals surface area contributed by atoms with Crippen LogP contribution in [0.5, 0.6) is 0 Å². The zero-order chi connectivity index (χ0) is 12.1. The first-order chi connectivity index (χ1) is 7.65. The van der Waals surface area contributed by atoms with Crippen molar-refractivity contribution in [3.05, 3.63) is 34.4 Å². The zero-order valence-corrected chi connectivity index (χ0v) is 9.28. The topological polar surface area (TPSA) is 70.3 Å². The highest BCUT2D eigenvalue weighted by atomic mass is 16.5. The molecule has 0 heterocycles. The number of nitrogens with zero attached hydrogens (tertiary/aromatic N) is 1. The number of nitriles is 1. The molecule has 16 heavy (non-hydrogen) atoms. The lowest BCUT2D eigenvalue weighted by Crippen LogP contribution is -2.11. The third-order valence-corrected chi connectivity index (χ3v) is 2.35. The number of hydrogen-bond acceptors (Lipinski definition) is 4. The number of carbonyl (C=O) groups excluding carboxylic acids is 1. The molecule has 0 spiro atoms. The van der Waals surface area contributed by atoms with Gasteiger partial charge in [0.25, 0.3) is 0 Å². The van der Waals surface area contributed by atoms with E-state index in [1.807, 2.05) is 6.07 Å². The van der Waals surface area contributed by atoms with Crippen LogP contribution in [0.3, 0.4) is 0 Å². The monoisotopic (exact) mass is 219 g/mol. The van der Waals surface area contributed by atoms with Gasteiger partial charge in [0.2, 0.25) is 0 Å². The van der Waals surface area contributed by atoms with Crippen molar-refractivity contribution in [3.63, 3.8) is 0 Å². The van der Waals surface area contributed by atoms with Gasteiger partial charge in [0, 0.05) is 0 Å². The van der Waals surface area contributed by atoms with E-state index < -0.39 is 5.97 Å². The predicted octanol–water partition coefficient (Wildman–Crippen LogP) is 1.54. The molecule has 0 radical (unpaired) electrons. The van der Waals surface area contributed by atoms with Crippen LogP contribution in [0, 0.1) is 18.3 Å². The number of esters is 1. The Morgan fingerprint density at radius 1 is 1.56 bits per heavy atom. The lowest BCUT2D eigenvalue weighted by Gasteiger charge is -2.10. The second-order valence-electron chi connectivity index (χ2n) is 3.26. The second kappa shape index (κ2) is 5.29. The number of rotatable bonds is 3. The summed E-state index contributed by atoms with van der Waals surface area (Å²) < 4.78 is 4.88. The van der Waals surface area contributed by atoms with Crippen LogP contribution in [0.15, 0.2) is 12.1 Å². The van der Waals surface area contributed by atoms with Gasteiger partial charge in [-0.05, 0) is 31.0 Å². The first kappa shape index (κ1) is 12.2. The van der Waals surface area contributed by atoms with Crippen molar-refractivity contribution >= 4 is 5.97 Å². The number of ether oxygens (including phenoxy) is 1. The number of aliphatic hydroxyl groups is 1. The summed E-state index contributed by atoms with van der Waals surface area (Å²) in [5.74, 6) is -0.521. The van der Waals surface area contributed by atoms with Gasteiger partial charge in [-0.25, -0.2) is 4.79 Å². The second-order valence-corrected chi connectivity index (χ2v) is 3.26. The molecule has 0 aromatic heterocycles. The van der Waals surface area contributed by atoms with E-state index in [0.29, 0.717) is 11.1 Å². The van der Waals surface area contributed by atoms with Crippen LogP contribution in [-0.4, -0.2) is 17.7 Å². The summed E-state index contributed by atoms with van der Waals surface area (Å²) in [6.45, 7) is 3.49. The van der Waals surface area contributed by atoms with Gasteiger partial charge in [0.05, 0.1) is 24.3 Å². The third-order valence-electron chi connectivity index (χ3n) is 2.35. The molecule has 0 aliphatic heterocycles. The molecule has 84 valence electrons. The van der Waals surface area contributed by atoms with Crippen molar-refractivity contribution in [2.75, 3.05) is 6.61 Å². The van der Waals surface area contributed by atoms with Gasteiger partial charge in [0.1, 0.15) is 6.07 Å². The standard InChI is InChI=1S/C12H13NO3/c1-3-16-12(15)11-8(2)10(7-14)5-4-9(11)6-13/h4-5,14H,3,7H2,1-2H3. The molecule has 0 amide bonds. The van der Waals surface area contributed by atoms with Gasteiger partial charge in [0.15, 0.2) is 0 Å². The minimum atomic E-state index is -0.521. The van der Waals surface area contributed by atoms with Crippen LogP contribution >= 0.6 is 0 Å². The third kappa shape index (κ3) is 2.20. The molecular weight excluding hydrogens is 206 g/mol. The lowest BCUT2D eigenvalue weighted by molar-refractivity contribution is 0.0525. The summed E-state index contributed by atoms with van der Waals surface area (Å²) in [6, 6.07) is 5.10. The average Bonchev–Trinajstić information content (AvgIpc) is 2.28. The summed E-state index contributed by atoms with van der Waals surface area (Å²) in [7, 11) is 0. The maximum absolute atomic E-state index is 11.7. The molecule has 1 N–H and O–H groups in total. The van der Waals surface area contributed by atoms with Gasteiger partial charge < -0.3 is 9.84 Å². The lowest BCUT2D eigenvalue weighted by atomic mass is 9.98. The van der Waals surface area contributed by atoms with Crippen molar-refractivity contribution in [2.24, 2.45) is 0 Å². The van der Waals surface area contributed by atoms with Gasteiger partial charge in [-0.3, -0.25) is 0 Å². The Labute approximate surface area is 94.1 Å². The van der Waals surface area contributed by atoms with Gasteiger partial charge >= 0.3 is 5.97 Å². The zero-order valence-electron chi connectivity index (χ0n) is 9.28. The van der Waals surface area contributed by atoms with Crippen LogP contribution in [0.25, 0.3) is 0 Å². The van der Waals surface area contributed by atoms with Gasteiger partial charge in [-0.15, -0.1) is 0 Å². The Bertz CT molecular complexity index is 446. The number of aliphatic hydroxyl groups excluding tert-OH is 1. The van der Waals surface area contributed by atoms with Crippen molar-refractivity contribution < 1.29 is 14.6 Å². The molecule has 0 atom stereocenters. The van der Waals surface area contributed by atoms with Crippen molar-refractivity contribution in [1.29, 1.82) is 5.26 Å². The molecule has 1 rings (SSSR count). The maximum Gasteiger partial charge on any atom is 0.339 e. The highest BCUT2D eigenvalue weighted by Crippen LogP contribution is 2.19. The van der Waals surface area contributed by atoms with Crippen LogP contribution < -0.4 is 0 Å². The van der Waals surface area contributed by atoms with E-state index in [0.717, 1.165) is 0 Å². The summed E-state index contributed by atoms with van der Waals surface area (Å²) in [5.41, 5.74) is 1.74. The van der Waals surface area contributed by atoms with E-state index in [-0.39, 0.29) is 24.3 Å². The van der Waals surface area contributed by atoms with E-state index >= 15 is 0 Å². The van der Waals surface area contributed by atoms with E-state index in [1.165, 1.54) is 6.07 Å². The Hall–Kier alpha value is -1.86. The summed E-state index contributed by atoms with van der Waals surface area (Å²) in [5, 5.41) is 18.0. The van der Waals surface area contributed by atoms with Crippen molar-refractivity contribution in [2.45, 2.75) is 20.5 Å². The molecule has 0 fully saturated rings. The summed E-state index contributed by atoms with van der Waals surface area (Å²) in [6.07, 6.45) is 0. The molecule has 1 aromatic rings. The summed E-state index contributed by atoms with van der Waals surface area (Å²) in [4.78, 5) is 11.7. The number of benzene rings is 1. The Morgan fingerprint density at radius 2 is 2.25 bits per heavy atom. The van der Waals surface area contributed by atoms with Crippen LogP contribution in [0.4, 0.5) is 0 Å². The quantitative estimate of drug-likeness (QED) is 0.783. The van der Waals surface area contributed by atoms with Crippen LogP contribution in [-0.2, 0) is 11.3 Å². The fraction of sp³-hybridized carbons (Fsp3) is 0.333. The Morgan fingerprint density at radius 3 is 2.75 bits per heavy atom. The smallest absolute Gasteiger partial charge is 0.339 e. The largest absolute Gasteiger partial charge is 0.462 e. The first-order valence-electron chi connectivity index (χ1n) is 4.96. The van der Waals surface area contributed by atoms with Crippen LogP contribution in [0.1, 0.15) is 34.0 Å². The Kier molecular flexibility index (Phi) is 4.03. The van der Waals surface area contributed by atoms with E-state index in [1.54, 1.807) is 19.9 Å². The highest BCUT2D eigenvalue weighted by Gasteiger charge is 2.17. The average molecular weight is 219 g/mol. The fourth-order valence-corrected chi connectivity index (χ4v) is 1.49. The van der Waals surface area contributed by atoms with E-state index in [4.69, 9.17) is 15.1 Å². The molecule has 0 unspecified atom stereocenters. The number of hydrogen-bond donors (Lipinski definition) is 1. The van der Waals surface area contributed by atoms with Gasteiger partial charge in [-0.1, -0.05) is 6.07 Å². The number of carbonyl (C=O) groups is 1. The van der Waals surface area contributed by atoms with E-state index in [2.05, 4.69) is 0 Å². The Balaban J connectivity index is 3.33. The van der Waals surface area contributed by atoms with Crippen molar-refractivity contribution in [1.82, 2.24) is 0 Å². The minimum Gasteiger partial charge on any atom is -0.462 e. The molecule has 0 saturated carbocycles. The predicted molar refractivity (Wildman–Crippen MR) is 57.8 cm³/mol. The van der Waals surface area contributed by atoms with Crippen molar-refractivity contribution in [3.8, 4) is 6.07 Å². The fourth-order valence-electron chi connectivity index (χ4n) is 1.49. The molecule has 0 aliphatic rings. The molecule has 4 heteroatoms. The molecule has 1 aromatic carbocycles.